The Morgan fingerprint density at radius 1 is 1.04 bits per heavy atom. The van der Waals surface area contributed by atoms with Crippen molar-refractivity contribution in [2.45, 2.75) is 18.5 Å². The van der Waals surface area contributed by atoms with E-state index in [0.29, 0.717) is 5.75 Å². The third kappa shape index (κ3) is 2.48. The van der Waals surface area contributed by atoms with Gasteiger partial charge in [-0.3, -0.25) is 4.79 Å². The van der Waals surface area contributed by atoms with Gasteiger partial charge in [0.15, 0.2) is 11.5 Å². The molecule has 3 rings (SSSR count). The SMILES string of the molecule is COc1cccc([C@@H]2N(Cc3ccccc3)C(=O)C2(F)F)c1OC. The Balaban J connectivity index is 1.99. The van der Waals surface area contributed by atoms with Crippen molar-refractivity contribution in [2.24, 2.45) is 0 Å². The van der Waals surface area contributed by atoms with Crippen LogP contribution in [-0.2, 0) is 11.3 Å². The van der Waals surface area contributed by atoms with E-state index in [0.717, 1.165) is 10.5 Å². The zero-order valence-electron chi connectivity index (χ0n) is 13.3. The van der Waals surface area contributed by atoms with Crippen LogP contribution in [-0.4, -0.2) is 30.9 Å². The lowest BCUT2D eigenvalue weighted by atomic mass is 9.88. The van der Waals surface area contributed by atoms with Gasteiger partial charge in [0.1, 0.15) is 6.04 Å². The number of amides is 1. The summed E-state index contributed by atoms with van der Waals surface area (Å²) in [6.45, 7) is 0.111. The number of β-lactam (4-membered cyclic amide) rings is 1. The standard InChI is InChI=1S/C18H17F2NO3/c1-23-14-10-6-9-13(15(14)24-2)16-18(19,20)17(22)21(16)11-12-7-4-3-5-8-12/h3-10,16H,11H2,1-2H3/t16-/m0/s1. The molecule has 0 spiro atoms. The maximum atomic E-state index is 14.3. The zero-order valence-corrected chi connectivity index (χ0v) is 13.3. The summed E-state index contributed by atoms with van der Waals surface area (Å²) < 4.78 is 39.0. The Hall–Kier alpha value is -2.63. The normalized spacial score (nSPS) is 18.9. The van der Waals surface area contributed by atoms with Gasteiger partial charge in [0.25, 0.3) is 5.91 Å². The smallest absolute Gasteiger partial charge is 0.348 e. The van der Waals surface area contributed by atoms with Gasteiger partial charge in [-0.25, -0.2) is 0 Å². The number of benzene rings is 2. The van der Waals surface area contributed by atoms with E-state index in [1.165, 1.54) is 20.3 Å². The fourth-order valence-corrected chi connectivity index (χ4v) is 2.99. The van der Waals surface area contributed by atoms with Crippen molar-refractivity contribution in [3.63, 3.8) is 0 Å². The number of alkyl halides is 2. The molecule has 4 nitrogen and oxygen atoms in total. The monoisotopic (exact) mass is 333 g/mol. The average molecular weight is 333 g/mol. The van der Waals surface area contributed by atoms with Crippen molar-refractivity contribution < 1.29 is 23.0 Å². The maximum Gasteiger partial charge on any atom is 0.348 e. The van der Waals surface area contributed by atoms with E-state index in [2.05, 4.69) is 0 Å². The fourth-order valence-electron chi connectivity index (χ4n) is 2.99. The third-order valence-electron chi connectivity index (χ3n) is 4.12. The minimum Gasteiger partial charge on any atom is -0.493 e. The molecule has 1 fully saturated rings. The van der Waals surface area contributed by atoms with Crippen LogP contribution in [0.15, 0.2) is 48.5 Å². The zero-order chi connectivity index (χ0) is 17.3. The molecule has 0 saturated carbocycles. The number of likely N-dealkylation sites (tertiary alicyclic amines) is 1. The second-order valence-corrected chi connectivity index (χ2v) is 5.53. The number of nitrogens with zero attached hydrogens (tertiary/aromatic N) is 1. The maximum absolute atomic E-state index is 14.3. The molecule has 1 amide bonds. The van der Waals surface area contributed by atoms with E-state index < -0.39 is 17.9 Å². The summed E-state index contributed by atoms with van der Waals surface area (Å²) in [6, 6.07) is 12.4. The summed E-state index contributed by atoms with van der Waals surface area (Å²) in [5.74, 6) is -4.07. The van der Waals surface area contributed by atoms with Crippen LogP contribution in [0.4, 0.5) is 8.78 Å². The molecular formula is C18H17F2NO3. The highest BCUT2D eigenvalue weighted by molar-refractivity contribution is 5.92. The highest BCUT2D eigenvalue weighted by Gasteiger charge is 2.64. The van der Waals surface area contributed by atoms with E-state index in [-0.39, 0.29) is 17.9 Å². The Bertz CT molecular complexity index is 749. The lowest BCUT2D eigenvalue weighted by Crippen LogP contribution is -2.63. The lowest BCUT2D eigenvalue weighted by molar-refractivity contribution is -0.207. The van der Waals surface area contributed by atoms with Crippen LogP contribution in [0.1, 0.15) is 17.2 Å². The first kappa shape index (κ1) is 16.2. The molecule has 0 bridgehead atoms. The molecule has 1 aliphatic heterocycles. The third-order valence-corrected chi connectivity index (χ3v) is 4.12. The second kappa shape index (κ2) is 6.11. The molecule has 0 radical (unpaired) electrons. The van der Waals surface area contributed by atoms with Crippen LogP contribution < -0.4 is 9.47 Å². The lowest BCUT2D eigenvalue weighted by Gasteiger charge is -2.47. The van der Waals surface area contributed by atoms with E-state index in [1.54, 1.807) is 36.4 Å². The highest BCUT2D eigenvalue weighted by atomic mass is 19.3. The number of para-hydroxylation sites is 1. The van der Waals surface area contributed by atoms with E-state index in [4.69, 9.17) is 9.47 Å². The number of carbonyl (C=O) groups excluding carboxylic acids is 1. The van der Waals surface area contributed by atoms with Gasteiger partial charge < -0.3 is 14.4 Å². The predicted octanol–water partition coefficient (Wildman–Crippen LogP) is 3.42. The number of halogens is 2. The summed E-state index contributed by atoms with van der Waals surface area (Å²) in [6.07, 6.45) is 0. The largest absolute Gasteiger partial charge is 0.493 e. The molecule has 0 aliphatic carbocycles. The van der Waals surface area contributed by atoms with Crippen molar-refractivity contribution in [1.82, 2.24) is 4.90 Å². The van der Waals surface area contributed by atoms with Crippen molar-refractivity contribution in [1.29, 1.82) is 0 Å². The summed E-state index contributed by atoms with van der Waals surface area (Å²) in [5.41, 5.74) is 1.02. The van der Waals surface area contributed by atoms with Crippen molar-refractivity contribution in [3.05, 3.63) is 59.7 Å². The number of carbonyl (C=O) groups is 1. The topological polar surface area (TPSA) is 38.8 Å². The Morgan fingerprint density at radius 3 is 2.38 bits per heavy atom. The minimum absolute atomic E-state index is 0.111. The van der Waals surface area contributed by atoms with Crippen molar-refractivity contribution >= 4 is 5.91 Å². The molecule has 24 heavy (non-hydrogen) atoms. The minimum atomic E-state index is -3.46. The Kier molecular flexibility index (Phi) is 4.13. The summed E-state index contributed by atoms with van der Waals surface area (Å²) >= 11 is 0. The van der Waals surface area contributed by atoms with Crippen LogP contribution in [0.2, 0.25) is 0 Å². The molecule has 1 atom stereocenters. The number of ether oxygens (including phenoxy) is 2. The summed E-state index contributed by atoms with van der Waals surface area (Å²) in [7, 11) is 2.83. The highest BCUT2D eigenvalue weighted by Crippen LogP contribution is 2.51. The molecular weight excluding hydrogens is 316 g/mol. The van der Waals surface area contributed by atoms with E-state index in [1.807, 2.05) is 6.07 Å². The molecule has 0 aromatic heterocycles. The quantitative estimate of drug-likeness (QED) is 0.787. The molecule has 6 heteroatoms. The fraction of sp³-hybridized carbons (Fsp3) is 0.278. The van der Waals surface area contributed by atoms with Crippen LogP contribution in [0, 0.1) is 0 Å². The predicted molar refractivity (Wildman–Crippen MR) is 84.2 cm³/mol. The molecule has 0 N–H and O–H groups in total. The van der Waals surface area contributed by atoms with Gasteiger partial charge in [0.05, 0.1) is 14.2 Å². The van der Waals surface area contributed by atoms with E-state index >= 15 is 0 Å². The summed E-state index contributed by atoms with van der Waals surface area (Å²) in [4.78, 5) is 13.1. The second-order valence-electron chi connectivity index (χ2n) is 5.53. The van der Waals surface area contributed by atoms with Gasteiger partial charge in [-0.15, -0.1) is 0 Å². The van der Waals surface area contributed by atoms with Crippen LogP contribution >= 0.6 is 0 Å². The van der Waals surface area contributed by atoms with Crippen LogP contribution in [0.25, 0.3) is 0 Å². The van der Waals surface area contributed by atoms with Crippen molar-refractivity contribution in [3.8, 4) is 11.5 Å². The summed E-state index contributed by atoms with van der Waals surface area (Å²) in [5, 5.41) is 0. The molecule has 126 valence electrons. The van der Waals surface area contributed by atoms with Gasteiger partial charge in [-0.1, -0.05) is 42.5 Å². The molecule has 2 aromatic rings. The van der Waals surface area contributed by atoms with Crippen LogP contribution in [0.3, 0.4) is 0 Å². The van der Waals surface area contributed by atoms with Crippen LogP contribution in [0.5, 0.6) is 11.5 Å². The number of hydrogen-bond acceptors (Lipinski definition) is 3. The van der Waals surface area contributed by atoms with Crippen molar-refractivity contribution in [2.75, 3.05) is 14.2 Å². The molecule has 0 unspecified atom stereocenters. The van der Waals surface area contributed by atoms with Gasteiger partial charge in [-0.05, 0) is 11.6 Å². The average Bonchev–Trinajstić information content (AvgIpc) is 2.61. The van der Waals surface area contributed by atoms with Gasteiger partial charge in [0, 0.05) is 12.1 Å². The molecule has 1 aliphatic rings. The molecule has 1 saturated heterocycles. The number of methoxy groups -OCH3 is 2. The molecule has 2 aromatic carbocycles. The first-order chi connectivity index (χ1) is 11.5. The van der Waals surface area contributed by atoms with Gasteiger partial charge in [0.2, 0.25) is 0 Å². The Morgan fingerprint density at radius 2 is 1.75 bits per heavy atom. The first-order valence-electron chi connectivity index (χ1n) is 7.44. The number of hydrogen-bond donors (Lipinski definition) is 0. The molecule has 1 heterocycles. The van der Waals surface area contributed by atoms with Gasteiger partial charge >= 0.3 is 5.92 Å². The number of rotatable bonds is 5. The van der Waals surface area contributed by atoms with E-state index in [9.17, 15) is 13.6 Å². The Labute approximate surface area is 138 Å². The van der Waals surface area contributed by atoms with Gasteiger partial charge in [-0.2, -0.15) is 8.78 Å². The first-order valence-corrected chi connectivity index (χ1v) is 7.44.